The molecule has 0 saturated carbocycles. The fraction of sp³-hybridized carbons (Fsp3) is 0.375. The molecular formula is C16H18BrCl. The zero-order chi connectivity index (χ0) is 13.3. The van der Waals surface area contributed by atoms with Crippen LogP contribution in [0, 0.1) is 5.41 Å². The predicted molar refractivity (Wildman–Crippen MR) is 84.7 cm³/mol. The van der Waals surface area contributed by atoms with E-state index in [9.17, 15) is 0 Å². The van der Waals surface area contributed by atoms with E-state index in [4.69, 9.17) is 11.6 Å². The first kappa shape index (κ1) is 13.9. The molecule has 0 fully saturated rings. The molecule has 2 aromatic rings. The number of hydrogen-bond acceptors (Lipinski definition) is 0. The summed E-state index contributed by atoms with van der Waals surface area (Å²) >= 11 is 10.1. The Morgan fingerprint density at radius 3 is 2.33 bits per heavy atom. The number of halogens is 2. The van der Waals surface area contributed by atoms with Crippen molar-refractivity contribution in [1.29, 1.82) is 0 Å². The smallest absolute Gasteiger partial charge is 0.0484 e. The largest absolute Gasteiger partial charge is 0.0837 e. The van der Waals surface area contributed by atoms with Gasteiger partial charge in [0.05, 0.1) is 0 Å². The fourth-order valence-electron chi connectivity index (χ4n) is 2.11. The van der Waals surface area contributed by atoms with Crippen molar-refractivity contribution in [1.82, 2.24) is 0 Å². The lowest BCUT2D eigenvalue weighted by molar-refractivity contribution is 0.347. The van der Waals surface area contributed by atoms with Gasteiger partial charge in [0.2, 0.25) is 0 Å². The van der Waals surface area contributed by atoms with E-state index in [2.05, 4.69) is 61.0 Å². The van der Waals surface area contributed by atoms with Crippen LogP contribution in [0.3, 0.4) is 0 Å². The van der Waals surface area contributed by atoms with Gasteiger partial charge in [0.25, 0.3) is 0 Å². The molecule has 0 saturated heterocycles. The molecule has 0 bridgehead atoms. The van der Waals surface area contributed by atoms with Gasteiger partial charge in [-0.05, 0) is 28.9 Å². The molecule has 0 radical (unpaired) electrons. The summed E-state index contributed by atoms with van der Waals surface area (Å²) in [4.78, 5) is 0.331. The molecule has 0 spiro atoms. The van der Waals surface area contributed by atoms with E-state index in [1.54, 1.807) is 0 Å². The Kier molecular flexibility index (Phi) is 4.03. The normalized spacial score (nSPS) is 13.8. The van der Waals surface area contributed by atoms with Gasteiger partial charge in [-0.25, -0.2) is 0 Å². The number of alkyl halides is 1. The molecule has 0 amide bonds. The first-order chi connectivity index (χ1) is 8.47. The van der Waals surface area contributed by atoms with E-state index in [0.717, 1.165) is 16.8 Å². The summed E-state index contributed by atoms with van der Waals surface area (Å²) in [5.41, 5.74) is 1.54. The van der Waals surface area contributed by atoms with Crippen molar-refractivity contribution < 1.29 is 0 Å². The van der Waals surface area contributed by atoms with Crippen LogP contribution in [-0.2, 0) is 0 Å². The Hall–Kier alpha value is -0.530. The quantitative estimate of drug-likeness (QED) is 0.575. The zero-order valence-electron chi connectivity index (χ0n) is 11.0. The van der Waals surface area contributed by atoms with Gasteiger partial charge in [0, 0.05) is 15.2 Å². The molecule has 96 valence electrons. The molecule has 0 aliphatic rings. The second-order valence-electron chi connectivity index (χ2n) is 5.39. The summed E-state index contributed by atoms with van der Waals surface area (Å²) in [5, 5.41) is 3.20. The van der Waals surface area contributed by atoms with Crippen LogP contribution in [0.5, 0.6) is 0 Å². The highest BCUT2D eigenvalue weighted by Gasteiger charge is 2.28. The van der Waals surface area contributed by atoms with Crippen molar-refractivity contribution in [3.63, 3.8) is 0 Å². The van der Waals surface area contributed by atoms with E-state index < -0.39 is 0 Å². The lowest BCUT2D eigenvalue weighted by Crippen LogP contribution is -2.16. The fourth-order valence-corrected chi connectivity index (χ4v) is 3.06. The van der Waals surface area contributed by atoms with Gasteiger partial charge in [-0.1, -0.05) is 78.6 Å². The summed E-state index contributed by atoms with van der Waals surface area (Å²) in [6.45, 7) is 6.80. The van der Waals surface area contributed by atoms with Gasteiger partial charge in [-0.3, -0.25) is 0 Å². The number of hydrogen-bond donors (Lipinski definition) is 0. The van der Waals surface area contributed by atoms with Crippen molar-refractivity contribution in [2.24, 2.45) is 5.41 Å². The highest BCUT2D eigenvalue weighted by Crippen LogP contribution is 2.45. The van der Waals surface area contributed by atoms with Crippen LogP contribution in [0.25, 0.3) is 10.8 Å². The second kappa shape index (κ2) is 5.22. The van der Waals surface area contributed by atoms with E-state index in [1.165, 1.54) is 10.9 Å². The van der Waals surface area contributed by atoms with E-state index >= 15 is 0 Å². The molecule has 1 unspecified atom stereocenters. The van der Waals surface area contributed by atoms with E-state index in [0.29, 0.717) is 4.83 Å². The number of rotatable bonds is 3. The molecule has 0 aliphatic heterocycles. The van der Waals surface area contributed by atoms with Gasteiger partial charge in [0.1, 0.15) is 0 Å². The van der Waals surface area contributed by atoms with Crippen molar-refractivity contribution in [3.05, 3.63) is 47.0 Å². The van der Waals surface area contributed by atoms with Crippen molar-refractivity contribution in [2.75, 3.05) is 0 Å². The zero-order valence-corrected chi connectivity index (χ0v) is 13.3. The molecule has 18 heavy (non-hydrogen) atoms. The van der Waals surface area contributed by atoms with Crippen molar-refractivity contribution in [2.45, 2.75) is 32.0 Å². The van der Waals surface area contributed by atoms with Gasteiger partial charge >= 0.3 is 0 Å². The molecule has 1 atom stereocenters. The topological polar surface area (TPSA) is 0 Å². The van der Waals surface area contributed by atoms with Crippen molar-refractivity contribution >= 4 is 38.3 Å². The highest BCUT2D eigenvalue weighted by atomic mass is 79.9. The predicted octanol–water partition coefficient (Wildman–Crippen LogP) is 6.37. The SMILES string of the molecule is CCC(C)(C)C(Br)c1ccc(Cl)c2ccccc12. The first-order valence-corrected chi connectivity index (χ1v) is 7.58. The minimum absolute atomic E-state index is 0.219. The Balaban J connectivity index is 2.62. The molecule has 2 rings (SSSR count). The van der Waals surface area contributed by atoms with Crippen LogP contribution in [0.15, 0.2) is 36.4 Å². The lowest BCUT2D eigenvalue weighted by Gasteiger charge is -2.30. The third-order valence-electron chi connectivity index (χ3n) is 3.77. The summed E-state index contributed by atoms with van der Waals surface area (Å²) < 4.78 is 0. The number of fused-ring (bicyclic) bond motifs is 1. The van der Waals surface area contributed by atoms with Gasteiger partial charge in [-0.15, -0.1) is 0 Å². The van der Waals surface area contributed by atoms with E-state index in [1.807, 2.05) is 12.1 Å². The third-order valence-corrected chi connectivity index (χ3v) is 5.84. The number of benzene rings is 2. The summed E-state index contributed by atoms with van der Waals surface area (Å²) in [6, 6.07) is 12.5. The minimum Gasteiger partial charge on any atom is -0.0837 e. The first-order valence-electron chi connectivity index (χ1n) is 6.28. The third kappa shape index (κ3) is 2.44. The standard InChI is InChI=1S/C16H18BrCl/c1-4-16(2,3)15(17)13-9-10-14(18)12-8-6-5-7-11(12)13/h5-10,15H,4H2,1-3H3. The molecule has 2 aromatic carbocycles. The van der Waals surface area contributed by atoms with Crippen molar-refractivity contribution in [3.8, 4) is 0 Å². The van der Waals surface area contributed by atoms with Gasteiger partial charge in [0.15, 0.2) is 0 Å². The Labute approximate surface area is 122 Å². The average molecular weight is 326 g/mol. The molecule has 0 N–H and O–H groups in total. The highest BCUT2D eigenvalue weighted by molar-refractivity contribution is 9.09. The summed E-state index contributed by atoms with van der Waals surface area (Å²) in [6.07, 6.45) is 1.12. The van der Waals surface area contributed by atoms with Crippen LogP contribution in [0.4, 0.5) is 0 Å². The average Bonchev–Trinajstić information content (AvgIpc) is 2.39. The Morgan fingerprint density at radius 2 is 1.72 bits per heavy atom. The maximum atomic E-state index is 6.27. The van der Waals surface area contributed by atoms with Crippen LogP contribution in [0.2, 0.25) is 5.02 Å². The Bertz CT molecular complexity index is 560. The summed E-state index contributed by atoms with van der Waals surface area (Å²) in [7, 11) is 0. The summed E-state index contributed by atoms with van der Waals surface area (Å²) in [5.74, 6) is 0. The molecular weight excluding hydrogens is 308 g/mol. The van der Waals surface area contributed by atoms with Crippen LogP contribution in [-0.4, -0.2) is 0 Å². The van der Waals surface area contributed by atoms with E-state index in [-0.39, 0.29) is 5.41 Å². The Morgan fingerprint density at radius 1 is 1.11 bits per heavy atom. The molecule has 0 nitrogen and oxygen atoms in total. The lowest BCUT2D eigenvalue weighted by atomic mass is 9.82. The van der Waals surface area contributed by atoms with Gasteiger partial charge in [-0.2, -0.15) is 0 Å². The molecule has 0 aromatic heterocycles. The molecule has 0 heterocycles. The van der Waals surface area contributed by atoms with Crippen LogP contribution in [0.1, 0.15) is 37.6 Å². The van der Waals surface area contributed by atoms with Gasteiger partial charge < -0.3 is 0 Å². The maximum absolute atomic E-state index is 6.27. The molecule has 0 aliphatic carbocycles. The van der Waals surface area contributed by atoms with Crippen LogP contribution >= 0.6 is 27.5 Å². The molecule has 2 heteroatoms. The second-order valence-corrected chi connectivity index (χ2v) is 6.71. The monoisotopic (exact) mass is 324 g/mol. The minimum atomic E-state index is 0.219. The maximum Gasteiger partial charge on any atom is 0.0484 e. The van der Waals surface area contributed by atoms with Crippen LogP contribution < -0.4 is 0 Å².